The second-order valence-corrected chi connectivity index (χ2v) is 5.17. The van der Waals surface area contributed by atoms with Crippen LogP contribution in [0.25, 0.3) is 0 Å². The average molecular weight is 329 g/mol. The maximum Gasteiger partial charge on any atom is 0.416 e. The fourth-order valence-electron chi connectivity index (χ4n) is 1.95. The van der Waals surface area contributed by atoms with Gasteiger partial charge in [-0.05, 0) is 36.8 Å². The number of anilines is 2. The molecular formula is C16H16ClF3N2. The zero-order valence-electron chi connectivity index (χ0n) is 11.8. The Labute approximate surface area is 132 Å². The van der Waals surface area contributed by atoms with Gasteiger partial charge < -0.3 is 10.6 Å². The Hall–Kier alpha value is -1.88. The summed E-state index contributed by atoms with van der Waals surface area (Å²) in [6.07, 6.45) is -3.56. The summed E-state index contributed by atoms with van der Waals surface area (Å²) in [5.74, 6) is 0. The van der Waals surface area contributed by atoms with E-state index in [2.05, 4.69) is 10.6 Å². The van der Waals surface area contributed by atoms with Gasteiger partial charge in [-0.25, -0.2) is 0 Å². The summed E-state index contributed by atoms with van der Waals surface area (Å²) < 4.78 is 37.8. The zero-order valence-corrected chi connectivity index (χ0v) is 12.5. The van der Waals surface area contributed by atoms with E-state index in [1.54, 1.807) is 12.1 Å². The topological polar surface area (TPSA) is 24.1 Å². The molecule has 2 N–H and O–H groups in total. The second-order valence-electron chi connectivity index (χ2n) is 4.77. The van der Waals surface area contributed by atoms with Crippen molar-refractivity contribution in [3.8, 4) is 0 Å². The molecule has 0 aliphatic heterocycles. The summed E-state index contributed by atoms with van der Waals surface area (Å²) in [5.41, 5.74) is 0.669. The van der Waals surface area contributed by atoms with Crippen LogP contribution in [-0.4, -0.2) is 13.1 Å². The van der Waals surface area contributed by atoms with E-state index >= 15 is 0 Å². The molecule has 2 rings (SSSR count). The number of hydrogen-bond acceptors (Lipinski definition) is 2. The molecule has 0 radical (unpaired) electrons. The van der Waals surface area contributed by atoms with E-state index in [0.29, 0.717) is 23.8 Å². The van der Waals surface area contributed by atoms with Gasteiger partial charge in [0.1, 0.15) is 0 Å². The van der Waals surface area contributed by atoms with Gasteiger partial charge >= 0.3 is 6.18 Å². The first kappa shape index (κ1) is 16.5. The maximum atomic E-state index is 12.6. The van der Waals surface area contributed by atoms with Crippen molar-refractivity contribution in [2.75, 3.05) is 23.7 Å². The van der Waals surface area contributed by atoms with Gasteiger partial charge in [0.2, 0.25) is 0 Å². The predicted octanol–water partition coefficient (Wildman–Crippen LogP) is 5.27. The van der Waals surface area contributed by atoms with Crippen molar-refractivity contribution in [1.82, 2.24) is 0 Å². The van der Waals surface area contributed by atoms with Crippen molar-refractivity contribution < 1.29 is 13.2 Å². The Bertz CT molecular complexity index is 614. The molecule has 0 fully saturated rings. The number of rotatable bonds is 6. The van der Waals surface area contributed by atoms with Crippen LogP contribution < -0.4 is 10.6 Å². The highest BCUT2D eigenvalue weighted by Gasteiger charge is 2.30. The Kier molecular flexibility index (Phi) is 5.55. The molecule has 2 nitrogen and oxygen atoms in total. The van der Waals surface area contributed by atoms with E-state index < -0.39 is 11.7 Å². The number of hydrogen-bond donors (Lipinski definition) is 2. The lowest BCUT2D eigenvalue weighted by Gasteiger charge is -2.11. The van der Waals surface area contributed by atoms with E-state index in [-0.39, 0.29) is 0 Å². The molecule has 0 amide bonds. The molecule has 22 heavy (non-hydrogen) atoms. The molecule has 0 aromatic heterocycles. The first-order valence-electron chi connectivity index (χ1n) is 6.86. The van der Waals surface area contributed by atoms with Gasteiger partial charge in [0, 0.05) is 18.8 Å². The summed E-state index contributed by atoms with van der Waals surface area (Å²) in [4.78, 5) is 0. The molecule has 2 aromatic carbocycles. The van der Waals surface area contributed by atoms with Crippen LogP contribution in [0.3, 0.4) is 0 Å². The summed E-state index contributed by atoms with van der Waals surface area (Å²) in [7, 11) is 0. The molecule has 0 unspecified atom stereocenters. The largest absolute Gasteiger partial charge is 0.416 e. The van der Waals surface area contributed by atoms with E-state index in [9.17, 15) is 13.2 Å². The molecule has 0 spiro atoms. The highest BCUT2D eigenvalue weighted by atomic mass is 35.5. The second kappa shape index (κ2) is 7.40. The van der Waals surface area contributed by atoms with Crippen molar-refractivity contribution in [2.24, 2.45) is 0 Å². The molecule has 0 bridgehead atoms. The lowest BCUT2D eigenvalue weighted by molar-refractivity contribution is -0.137. The number of nitrogens with one attached hydrogen (secondary N) is 2. The third-order valence-electron chi connectivity index (χ3n) is 3.06. The fourth-order valence-corrected chi connectivity index (χ4v) is 2.16. The van der Waals surface area contributed by atoms with E-state index in [1.807, 2.05) is 18.2 Å². The molecule has 6 heteroatoms. The van der Waals surface area contributed by atoms with Crippen LogP contribution in [-0.2, 0) is 6.18 Å². The fraction of sp³-hybridized carbons (Fsp3) is 0.250. The van der Waals surface area contributed by atoms with Gasteiger partial charge in [-0.15, -0.1) is 0 Å². The summed E-state index contributed by atoms with van der Waals surface area (Å²) >= 11 is 6.01. The van der Waals surface area contributed by atoms with Gasteiger partial charge in [-0.1, -0.05) is 29.8 Å². The van der Waals surface area contributed by atoms with E-state index in [4.69, 9.17) is 11.6 Å². The molecule has 0 saturated heterocycles. The SMILES string of the molecule is FC(F)(F)c1cccc(NCCCNc2ccccc2Cl)c1. The minimum Gasteiger partial charge on any atom is -0.385 e. The minimum absolute atomic E-state index is 0.465. The highest BCUT2D eigenvalue weighted by molar-refractivity contribution is 6.33. The highest BCUT2D eigenvalue weighted by Crippen LogP contribution is 2.30. The first-order valence-corrected chi connectivity index (χ1v) is 7.24. The Morgan fingerprint density at radius 1 is 0.909 bits per heavy atom. The average Bonchev–Trinajstić information content (AvgIpc) is 2.48. The van der Waals surface area contributed by atoms with Gasteiger partial charge in [0.25, 0.3) is 0 Å². The van der Waals surface area contributed by atoms with Gasteiger partial charge in [-0.2, -0.15) is 13.2 Å². The maximum absolute atomic E-state index is 12.6. The van der Waals surface area contributed by atoms with Gasteiger partial charge in [0.15, 0.2) is 0 Å². The Balaban J connectivity index is 1.76. The van der Waals surface area contributed by atoms with Crippen LogP contribution in [0.2, 0.25) is 5.02 Å². The molecular weight excluding hydrogens is 313 g/mol. The van der Waals surface area contributed by atoms with Crippen LogP contribution >= 0.6 is 11.6 Å². The van der Waals surface area contributed by atoms with Crippen LogP contribution in [0.15, 0.2) is 48.5 Å². The van der Waals surface area contributed by atoms with Crippen LogP contribution in [0.4, 0.5) is 24.5 Å². The standard InChI is InChI=1S/C16H16ClF3N2/c17-14-7-1-2-8-15(14)22-10-4-9-21-13-6-3-5-12(11-13)16(18,19)20/h1-3,5-8,11,21-22H,4,9-10H2. The van der Waals surface area contributed by atoms with Crippen molar-refractivity contribution in [3.63, 3.8) is 0 Å². The van der Waals surface area contributed by atoms with Crippen LogP contribution in [0, 0.1) is 0 Å². The minimum atomic E-state index is -4.32. The number of para-hydroxylation sites is 1. The lowest BCUT2D eigenvalue weighted by Crippen LogP contribution is -2.10. The van der Waals surface area contributed by atoms with Crippen molar-refractivity contribution in [2.45, 2.75) is 12.6 Å². The van der Waals surface area contributed by atoms with E-state index in [0.717, 1.165) is 24.2 Å². The third-order valence-corrected chi connectivity index (χ3v) is 3.39. The first-order chi connectivity index (χ1) is 10.5. The lowest BCUT2D eigenvalue weighted by atomic mass is 10.2. The quantitative estimate of drug-likeness (QED) is 0.706. The monoisotopic (exact) mass is 328 g/mol. The van der Waals surface area contributed by atoms with Gasteiger partial charge in [0.05, 0.1) is 16.3 Å². The smallest absolute Gasteiger partial charge is 0.385 e. The Morgan fingerprint density at radius 2 is 1.64 bits per heavy atom. The zero-order chi connectivity index (χ0) is 16.0. The van der Waals surface area contributed by atoms with Crippen LogP contribution in [0.1, 0.15) is 12.0 Å². The molecule has 0 atom stereocenters. The summed E-state index contributed by atoms with van der Waals surface area (Å²) in [6, 6.07) is 12.6. The van der Waals surface area contributed by atoms with Crippen molar-refractivity contribution in [1.29, 1.82) is 0 Å². The van der Waals surface area contributed by atoms with E-state index in [1.165, 1.54) is 6.07 Å². The Morgan fingerprint density at radius 3 is 2.36 bits per heavy atom. The molecule has 0 heterocycles. The number of alkyl halides is 3. The summed E-state index contributed by atoms with van der Waals surface area (Å²) in [5, 5.41) is 6.81. The predicted molar refractivity (Wildman–Crippen MR) is 84.5 cm³/mol. The van der Waals surface area contributed by atoms with Crippen molar-refractivity contribution >= 4 is 23.0 Å². The van der Waals surface area contributed by atoms with Crippen molar-refractivity contribution in [3.05, 3.63) is 59.1 Å². The third kappa shape index (κ3) is 4.84. The number of halogens is 4. The normalized spacial score (nSPS) is 11.3. The molecule has 0 aliphatic carbocycles. The number of benzene rings is 2. The molecule has 118 valence electrons. The van der Waals surface area contributed by atoms with Crippen LogP contribution in [0.5, 0.6) is 0 Å². The molecule has 0 saturated carbocycles. The molecule has 0 aliphatic rings. The molecule has 2 aromatic rings. The summed E-state index contributed by atoms with van der Waals surface area (Å²) in [6.45, 7) is 1.24. The van der Waals surface area contributed by atoms with Gasteiger partial charge in [-0.3, -0.25) is 0 Å².